The topological polar surface area (TPSA) is 94.9 Å². The molecule has 8 nitrogen and oxygen atoms in total. The number of azide groups is 1. The maximum Gasteiger partial charge on any atom is 0.190 e. The molecule has 6 atom stereocenters. The quantitative estimate of drug-likeness (QED) is 0.442. The van der Waals surface area contributed by atoms with E-state index < -0.39 is 24.0 Å². The molecule has 0 radical (unpaired) electrons. The van der Waals surface area contributed by atoms with Crippen LogP contribution in [0, 0.1) is 0 Å². The van der Waals surface area contributed by atoms with Crippen molar-refractivity contribution in [1.82, 2.24) is 0 Å². The number of ether oxygens (including phenoxy) is 5. The lowest BCUT2D eigenvalue weighted by Gasteiger charge is -2.44. The van der Waals surface area contributed by atoms with E-state index in [4.69, 9.17) is 29.2 Å². The molecule has 3 heterocycles. The highest BCUT2D eigenvalue weighted by Gasteiger charge is 2.61. The van der Waals surface area contributed by atoms with Gasteiger partial charge in [0.25, 0.3) is 0 Å². The molecule has 118 valence electrons. The Hall–Kier alpha value is -0.890. The van der Waals surface area contributed by atoms with Crippen molar-refractivity contribution >= 4 is 0 Å². The van der Waals surface area contributed by atoms with Gasteiger partial charge in [0, 0.05) is 4.91 Å². The molecule has 0 bridgehead atoms. The third-order valence-corrected chi connectivity index (χ3v) is 3.90. The van der Waals surface area contributed by atoms with Crippen molar-refractivity contribution in [2.24, 2.45) is 5.11 Å². The van der Waals surface area contributed by atoms with Gasteiger partial charge in [-0.1, -0.05) is 12.0 Å². The molecular weight excluding hydrogens is 278 g/mol. The second-order valence-electron chi connectivity index (χ2n) is 6.58. The van der Waals surface area contributed by atoms with E-state index in [9.17, 15) is 0 Å². The summed E-state index contributed by atoms with van der Waals surface area (Å²) >= 11 is 0. The first-order chi connectivity index (χ1) is 9.72. The Kier molecular flexibility index (Phi) is 3.44. The Labute approximate surface area is 123 Å². The molecule has 3 fully saturated rings. The molecule has 0 amide bonds. The van der Waals surface area contributed by atoms with Crippen LogP contribution in [-0.4, -0.2) is 48.3 Å². The largest absolute Gasteiger partial charge is 0.344 e. The molecule has 21 heavy (non-hydrogen) atoms. The van der Waals surface area contributed by atoms with E-state index in [0.29, 0.717) is 0 Å². The standard InChI is InChI=1S/C13H21N3O5/c1-6(15-16-14)7-8-9(19-12(2,3)18-7)10-11(17-8)21-13(4,5)20-10/h6-11H,1-5H3/t6-,7-,8-,9+,10-,11-/m1/s1. The minimum Gasteiger partial charge on any atom is -0.344 e. The molecule has 0 aliphatic carbocycles. The van der Waals surface area contributed by atoms with E-state index >= 15 is 0 Å². The first kappa shape index (κ1) is 15.0. The predicted molar refractivity (Wildman–Crippen MR) is 71.1 cm³/mol. The fourth-order valence-corrected chi connectivity index (χ4v) is 3.17. The molecule has 0 aromatic rings. The summed E-state index contributed by atoms with van der Waals surface area (Å²) in [6, 6.07) is -0.377. The number of fused-ring (bicyclic) bond motifs is 3. The van der Waals surface area contributed by atoms with Crippen molar-refractivity contribution in [3.8, 4) is 0 Å². The lowest BCUT2D eigenvalue weighted by Crippen LogP contribution is -2.58. The predicted octanol–water partition coefficient (Wildman–Crippen LogP) is 2.08. The lowest BCUT2D eigenvalue weighted by atomic mass is 9.98. The van der Waals surface area contributed by atoms with Crippen LogP contribution in [0.15, 0.2) is 5.11 Å². The fraction of sp³-hybridized carbons (Fsp3) is 1.00. The Morgan fingerprint density at radius 3 is 2.24 bits per heavy atom. The van der Waals surface area contributed by atoms with Crippen molar-refractivity contribution in [2.45, 2.75) is 82.9 Å². The van der Waals surface area contributed by atoms with Crippen LogP contribution in [0.1, 0.15) is 34.6 Å². The molecule has 3 aliphatic heterocycles. The van der Waals surface area contributed by atoms with E-state index in [1.165, 1.54) is 0 Å². The van der Waals surface area contributed by atoms with E-state index in [2.05, 4.69) is 10.0 Å². The normalized spacial score (nSPS) is 44.5. The monoisotopic (exact) mass is 299 g/mol. The maximum absolute atomic E-state index is 8.65. The highest BCUT2D eigenvalue weighted by atomic mass is 16.9. The van der Waals surface area contributed by atoms with Crippen molar-refractivity contribution in [2.75, 3.05) is 0 Å². The summed E-state index contributed by atoms with van der Waals surface area (Å²) in [6.07, 6.45) is -1.91. The highest BCUT2D eigenvalue weighted by molar-refractivity contribution is 5.02. The van der Waals surface area contributed by atoms with Crippen LogP contribution >= 0.6 is 0 Å². The van der Waals surface area contributed by atoms with Crippen LogP contribution in [0.4, 0.5) is 0 Å². The molecule has 0 saturated carbocycles. The van der Waals surface area contributed by atoms with Gasteiger partial charge >= 0.3 is 0 Å². The molecule has 3 rings (SSSR count). The van der Waals surface area contributed by atoms with Gasteiger partial charge in [-0.25, -0.2) is 0 Å². The Balaban J connectivity index is 1.86. The van der Waals surface area contributed by atoms with Gasteiger partial charge in [0.2, 0.25) is 0 Å². The van der Waals surface area contributed by atoms with Gasteiger partial charge in [-0.05, 0) is 33.2 Å². The van der Waals surface area contributed by atoms with Crippen LogP contribution in [-0.2, 0) is 23.7 Å². The van der Waals surface area contributed by atoms with Crippen LogP contribution in [0.3, 0.4) is 0 Å². The number of rotatable bonds is 2. The molecule has 0 aromatic heterocycles. The van der Waals surface area contributed by atoms with Crippen LogP contribution in [0.2, 0.25) is 0 Å². The van der Waals surface area contributed by atoms with Crippen molar-refractivity contribution in [3.63, 3.8) is 0 Å². The van der Waals surface area contributed by atoms with Crippen LogP contribution in [0.5, 0.6) is 0 Å². The summed E-state index contributed by atoms with van der Waals surface area (Å²) in [6.45, 7) is 9.13. The number of nitrogens with zero attached hydrogens (tertiary/aromatic N) is 3. The van der Waals surface area contributed by atoms with Crippen molar-refractivity contribution in [3.05, 3.63) is 10.4 Å². The highest BCUT2D eigenvalue weighted by Crippen LogP contribution is 2.45. The summed E-state index contributed by atoms with van der Waals surface area (Å²) in [5, 5.41) is 3.74. The molecule has 0 aromatic carbocycles. The minimum atomic E-state index is -0.806. The van der Waals surface area contributed by atoms with Crippen LogP contribution < -0.4 is 0 Å². The summed E-state index contributed by atoms with van der Waals surface area (Å²) in [7, 11) is 0. The minimum absolute atomic E-state index is 0.311. The first-order valence-corrected chi connectivity index (χ1v) is 7.13. The number of hydrogen-bond acceptors (Lipinski definition) is 6. The van der Waals surface area contributed by atoms with Gasteiger partial charge in [-0.3, -0.25) is 0 Å². The zero-order valence-corrected chi connectivity index (χ0v) is 12.8. The Morgan fingerprint density at radius 2 is 1.57 bits per heavy atom. The fourth-order valence-electron chi connectivity index (χ4n) is 3.17. The summed E-state index contributed by atoms with van der Waals surface area (Å²) in [5.74, 6) is -1.50. The van der Waals surface area contributed by atoms with E-state index in [1.54, 1.807) is 6.92 Å². The van der Waals surface area contributed by atoms with Crippen LogP contribution in [0.25, 0.3) is 10.4 Å². The van der Waals surface area contributed by atoms with Gasteiger partial charge in [-0.15, -0.1) is 0 Å². The zero-order chi connectivity index (χ0) is 15.4. The van der Waals surface area contributed by atoms with Gasteiger partial charge < -0.3 is 23.7 Å². The van der Waals surface area contributed by atoms with E-state index in [1.807, 2.05) is 27.7 Å². The maximum atomic E-state index is 8.65. The molecule has 0 N–H and O–H groups in total. The summed E-state index contributed by atoms with van der Waals surface area (Å²) < 4.78 is 29.4. The Morgan fingerprint density at radius 1 is 0.952 bits per heavy atom. The molecule has 3 saturated heterocycles. The molecular formula is C13H21N3O5. The first-order valence-electron chi connectivity index (χ1n) is 7.13. The van der Waals surface area contributed by atoms with Gasteiger partial charge in [0.05, 0.1) is 12.1 Å². The molecule has 3 aliphatic rings. The van der Waals surface area contributed by atoms with Gasteiger partial charge in [-0.2, -0.15) is 0 Å². The molecule has 0 unspecified atom stereocenters. The summed E-state index contributed by atoms with van der Waals surface area (Å²) in [4.78, 5) is 2.85. The average Bonchev–Trinajstić information content (AvgIpc) is 2.80. The average molecular weight is 299 g/mol. The van der Waals surface area contributed by atoms with E-state index in [0.717, 1.165) is 0 Å². The van der Waals surface area contributed by atoms with Gasteiger partial charge in [0.15, 0.2) is 17.9 Å². The third-order valence-electron chi connectivity index (χ3n) is 3.90. The molecule has 8 heteroatoms. The van der Waals surface area contributed by atoms with Crippen molar-refractivity contribution in [1.29, 1.82) is 0 Å². The SMILES string of the molecule is C[C@@H](N=[N+]=[N-])[C@H]1OC(C)(C)O[C@H]2[C@@H]1O[C@@H]1OC(C)(C)O[C@@H]12. The molecule has 0 spiro atoms. The third kappa shape index (κ3) is 2.63. The van der Waals surface area contributed by atoms with E-state index in [-0.39, 0.29) is 24.4 Å². The Bertz CT molecular complexity index is 476. The summed E-state index contributed by atoms with van der Waals surface area (Å²) in [5.41, 5.74) is 8.65. The second kappa shape index (κ2) is 4.81. The second-order valence-corrected chi connectivity index (χ2v) is 6.58. The lowest BCUT2D eigenvalue weighted by molar-refractivity contribution is -0.345. The van der Waals surface area contributed by atoms with Crippen molar-refractivity contribution < 1.29 is 23.7 Å². The smallest absolute Gasteiger partial charge is 0.190 e. The zero-order valence-electron chi connectivity index (χ0n) is 12.8. The van der Waals surface area contributed by atoms with Gasteiger partial charge in [0.1, 0.15) is 18.3 Å². The number of hydrogen-bond donors (Lipinski definition) is 0.